The summed E-state index contributed by atoms with van der Waals surface area (Å²) in [5, 5.41) is 12.3. The number of carbonyl (C=O) groups excluding carboxylic acids is 2. The van der Waals surface area contributed by atoms with Crippen molar-refractivity contribution in [3.05, 3.63) is 0 Å². The third kappa shape index (κ3) is 5.38. The van der Waals surface area contributed by atoms with Crippen LogP contribution < -0.4 is 16.4 Å². The van der Waals surface area contributed by atoms with Crippen molar-refractivity contribution in [2.24, 2.45) is 5.73 Å². The topological polar surface area (TPSA) is 122 Å². The van der Waals surface area contributed by atoms with E-state index in [4.69, 9.17) is 10.8 Å². The zero-order valence-electron chi connectivity index (χ0n) is 7.19. The molecule has 1 unspecified atom stereocenters. The Kier molecular flexibility index (Phi) is 5.65. The van der Waals surface area contributed by atoms with Crippen LogP contribution in [0.25, 0.3) is 0 Å². The number of hydrogen-bond acceptors (Lipinski definition) is 5. The molecule has 1 aliphatic heterocycles. The second kappa shape index (κ2) is 6.22. The van der Waals surface area contributed by atoms with E-state index in [1.165, 1.54) is 0 Å². The van der Waals surface area contributed by atoms with E-state index in [0.717, 1.165) is 0 Å². The molecule has 0 radical (unpaired) electrons. The fraction of sp³-hybridized carbons (Fsp3) is 0.500. The molecule has 8 heteroatoms. The lowest BCUT2D eigenvalue weighted by Gasteiger charge is -1.96. The molecular formula is C6H11N3O4S. The van der Waals surface area contributed by atoms with Crippen LogP contribution in [0.15, 0.2) is 0 Å². The van der Waals surface area contributed by atoms with E-state index in [9.17, 15) is 14.4 Å². The van der Waals surface area contributed by atoms with Gasteiger partial charge in [-0.15, -0.1) is 0 Å². The van der Waals surface area contributed by atoms with Gasteiger partial charge in [0.15, 0.2) is 0 Å². The third-order valence-corrected chi connectivity index (χ3v) is 1.57. The lowest BCUT2D eigenvalue weighted by Crippen LogP contribution is -2.31. The number of nitrogens with one attached hydrogen (secondary N) is 2. The van der Waals surface area contributed by atoms with Crippen molar-refractivity contribution >= 4 is 30.5 Å². The first-order valence-electron chi connectivity index (χ1n) is 3.64. The van der Waals surface area contributed by atoms with Gasteiger partial charge < -0.3 is 16.2 Å². The van der Waals surface area contributed by atoms with Gasteiger partial charge in [-0.1, -0.05) is 0 Å². The first-order chi connectivity index (χ1) is 6.47. The van der Waals surface area contributed by atoms with Crippen molar-refractivity contribution < 1.29 is 19.5 Å². The third-order valence-electron chi connectivity index (χ3n) is 1.18. The minimum Gasteiger partial charge on any atom is -0.480 e. The Morgan fingerprint density at radius 1 is 1.64 bits per heavy atom. The van der Waals surface area contributed by atoms with Crippen molar-refractivity contribution in [2.45, 2.75) is 6.04 Å². The van der Waals surface area contributed by atoms with Gasteiger partial charge >= 0.3 is 12.0 Å². The number of carboxylic acids is 1. The van der Waals surface area contributed by atoms with Gasteiger partial charge in [-0.05, 0) is 0 Å². The molecular weight excluding hydrogens is 210 g/mol. The maximum atomic E-state index is 10.1. The molecule has 0 aliphatic carbocycles. The summed E-state index contributed by atoms with van der Waals surface area (Å²) in [6, 6.07) is -1.21. The van der Waals surface area contributed by atoms with Crippen LogP contribution in [0.3, 0.4) is 0 Å². The van der Waals surface area contributed by atoms with Crippen LogP contribution >= 0.6 is 12.6 Å². The van der Waals surface area contributed by atoms with E-state index in [1.807, 2.05) is 5.32 Å². The molecule has 3 amide bonds. The van der Waals surface area contributed by atoms with Gasteiger partial charge in [-0.25, -0.2) is 4.79 Å². The van der Waals surface area contributed by atoms with Gasteiger partial charge in [0.05, 0.1) is 6.54 Å². The number of imide groups is 1. The second-order valence-corrected chi connectivity index (χ2v) is 2.72. The Hall–Kier alpha value is -1.28. The molecule has 14 heavy (non-hydrogen) atoms. The molecule has 0 aromatic carbocycles. The Morgan fingerprint density at radius 3 is 2.29 bits per heavy atom. The first kappa shape index (κ1) is 12.7. The number of aliphatic carboxylic acids is 1. The van der Waals surface area contributed by atoms with Crippen LogP contribution in [-0.2, 0) is 9.59 Å². The number of hydrogen-bond donors (Lipinski definition) is 5. The molecule has 1 atom stereocenters. The maximum Gasteiger partial charge on any atom is 0.321 e. The first-order valence-corrected chi connectivity index (χ1v) is 4.27. The number of thiol groups is 1. The molecule has 0 bridgehead atoms. The molecule has 0 aromatic rings. The van der Waals surface area contributed by atoms with E-state index in [-0.39, 0.29) is 18.2 Å². The number of amides is 3. The molecule has 0 spiro atoms. The molecule has 0 saturated carbocycles. The molecule has 7 nitrogen and oxygen atoms in total. The standard InChI is InChI=1S/C3H4N2O2.C3H7NO2S/c6-2-1-4-3(7)5-2;4-2(1-7)3(5)6/h1H2,(H2,4,5,6,7);2,7H,1,4H2,(H,5,6). The summed E-state index contributed by atoms with van der Waals surface area (Å²) >= 11 is 3.65. The summed E-state index contributed by atoms with van der Waals surface area (Å²) in [7, 11) is 0. The number of urea groups is 1. The predicted octanol–water partition coefficient (Wildman–Crippen LogP) is -1.85. The van der Waals surface area contributed by atoms with Gasteiger partial charge in [-0.3, -0.25) is 14.9 Å². The van der Waals surface area contributed by atoms with Crippen molar-refractivity contribution in [3.63, 3.8) is 0 Å². The second-order valence-electron chi connectivity index (χ2n) is 2.36. The quantitative estimate of drug-likeness (QED) is 0.277. The van der Waals surface area contributed by atoms with E-state index < -0.39 is 18.0 Å². The monoisotopic (exact) mass is 221 g/mol. The molecule has 5 N–H and O–H groups in total. The smallest absolute Gasteiger partial charge is 0.321 e. The van der Waals surface area contributed by atoms with E-state index in [1.54, 1.807) is 0 Å². The van der Waals surface area contributed by atoms with Crippen LogP contribution in [0, 0.1) is 0 Å². The molecule has 1 heterocycles. The summed E-state index contributed by atoms with van der Waals surface area (Å²) in [6.07, 6.45) is 0. The fourth-order valence-electron chi connectivity index (χ4n) is 0.454. The molecule has 1 saturated heterocycles. The highest BCUT2D eigenvalue weighted by atomic mass is 32.1. The number of nitrogens with two attached hydrogens (primary N) is 1. The highest BCUT2D eigenvalue weighted by molar-refractivity contribution is 7.80. The van der Waals surface area contributed by atoms with Gasteiger partial charge in [0.1, 0.15) is 6.04 Å². The largest absolute Gasteiger partial charge is 0.480 e. The number of carbonyl (C=O) groups is 3. The van der Waals surface area contributed by atoms with Crippen molar-refractivity contribution in [3.8, 4) is 0 Å². The summed E-state index contributed by atoms with van der Waals surface area (Å²) in [5.41, 5.74) is 4.94. The Morgan fingerprint density at radius 2 is 2.21 bits per heavy atom. The van der Waals surface area contributed by atoms with E-state index >= 15 is 0 Å². The summed E-state index contributed by atoms with van der Waals surface area (Å²) < 4.78 is 0. The SMILES string of the molecule is NC(CS)C(=O)O.O=C1CNC(=O)N1. The normalized spacial score (nSPS) is 16.1. The Balaban J connectivity index is 0.000000241. The van der Waals surface area contributed by atoms with Crippen LogP contribution in [0.4, 0.5) is 4.79 Å². The van der Waals surface area contributed by atoms with Gasteiger partial charge in [0.2, 0.25) is 5.91 Å². The average molecular weight is 221 g/mol. The summed E-state index contributed by atoms with van der Waals surface area (Å²) in [6.45, 7) is 0.124. The Labute approximate surface area is 85.4 Å². The van der Waals surface area contributed by atoms with Crippen molar-refractivity contribution in [1.82, 2.24) is 10.6 Å². The lowest BCUT2D eigenvalue weighted by molar-refractivity contribution is -0.137. The highest BCUT2D eigenvalue weighted by Gasteiger charge is 2.14. The van der Waals surface area contributed by atoms with Crippen LogP contribution in [0.5, 0.6) is 0 Å². The number of rotatable bonds is 2. The molecule has 80 valence electrons. The maximum absolute atomic E-state index is 10.1. The zero-order valence-corrected chi connectivity index (χ0v) is 8.08. The predicted molar refractivity (Wildman–Crippen MR) is 51.0 cm³/mol. The highest BCUT2D eigenvalue weighted by Crippen LogP contribution is 1.80. The molecule has 1 rings (SSSR count). The summed E-state index contributed by atoms with van der Waals surface area (Å²) in [4.78, 5) is 29.8. The minimum atomic E-state index is -1.00. The minimum absolute atomic E-state index is 0.124. The van der Waals surface area contributed by atoms with E-state index in [0.29, 0.717) is 0 Å². The zero-order chi connectivity index (χ0) is 11.1. The average Bonchev–Trinajstić information content (AvgIpc) is 2.49. The van der Waals surface area contributed by atoms with Crippen molar-refractivity contribution in [2.75, 3.05) is 12.3 Å². The van der Waals surface area contributed by atoms with Crippen molar-refractivity contribution in [1.29, 1.82) is 0 Å². The van der Waals surface area contributed by atoms with Gasteiger partial charge in [0.25, 0.3) is 0 Å². The van der Waals surface area contributed by atoms with E-state index in [2.05, 4.69) is 17.9 Å². The molecule has 0 aromatic heterocycles. The lowest BCUT2D eigenvalue weighted by atomic mass is 10.4. The van der Waals surface area contributed by atoms with Gasteiger partial charge in [-0.2, -0.15) is 12.6 Å². The van der Waals surface area contributed by atoms with Crippen LogP contribution in [0.2, 0.25) is 0 Å². The van der Waals surface area contributed by atoms with Gasteiger partial charge in [0, 0.05) is 5.75 Å². The fourth-order valence-corrected chi connectivity index (χ4v) is 0.610. The van der Waals surface area contributed by atoms with Crippen LogP contribution in [-0.4, -0.2) is 41.4 Å². The number of carboxylic acid groups (broad SMARTS) is 1. The summed E-state index contributed by atoms with van der Waals surface area (Å²) in [5.74, 6) is -1.07. The Bertz CT molecular complexity index is 231. The molecule has 1 aliphatic rings. The van der Waals surface area contributed by atoms with Crippen LogP contribution in [0.1, 0.15) is 0 Å². The molecule has 1 fully saturated rings.